The molecule has 70 valence electrons. The zero-order valence-electron chi connectivity index (χ0n) is 7.09. The second-order valence-corrected chi connectivity index (χ2v) is 3.34. The summed E-state index contributed by atoms with van der Waals surface area (Å²) in [6.45, 7) is 0. The Bertz CT molecular complexity index is 279. The van der Waals surface area contributed by atoms with Crippen molar-refractivity contribution in [2.45, 2.75) is 6.42 Å². The van der Waals surface area contributed by atoms with E-state index in [9.17, 15) is 4.79 Å². The molecule has 0 spiro atoms. The van der Waals surface area contributed by atoms with Gasteiger partial charge in [0.05, 0.1) is 5.88 Å². The number of benzene rings is 1. The summed E-state index contributed by atoms with van der Waals surface area (Å²) in [4.78, 5) is 11.1. The van der Waals surface area contributed by atoms with Crippen molar-refractivity contribution in [2.75, 3.05) is 11.8 Å². The van der Waals surface area contributed by atoms with Gasteiger partial charge in [-0.1, -0.05) is 24.3 Å². The molecule has 0 bridgehead atoms. The van der Waals surface area contributed by atoms with Crippen molar-refractivity contribution < 1.29 is 4.79 Å². The number of carbonyl (C=O) groups excluding carboxylic acids is 1. The van der Waals surface area contributed by atoms with Crippen LogP contribution in [-0.2, 0) is 6.42 Å². The number of hydrogen-bond donors (Lipinski definition) is 0. The summed E-state index contributed by atoms with van der Waals surface area (Å²) in [5.74, 6) is 0.594. The molecular formula is C10H10Cl2O. The number of ketones is 1. The van der Waals surface area contributed by atoms with Gasteiger partial charge in [-0.05, 0) is 12.0 Å². The summed E-state index contributed by atoms with van der Waals surface area (Å²) >= 11 is 11.0. The molecule has 0 aliphatic heterocycles. The number of carbonyl (C=O) groups is 1. The second-order valence-electron chi connectivity index (χ2n) is 2.69. The predicted molar refractivity (Wildman–Crippen MR) is 55.9 cm³/mol. The number of rotatable bonds is 4. The van der Waals surface area contributed by atoms with Crippen molar-refractivity contribution in [1.29, 1.82) is 0 Å². The summed E-state index contributed by atoms with van der Waals surface area (Å²) in [5, 5.41) is 0. The van der Waals surface area contributed by atoms with Gasteiger partial charge >= 0.3 is 0 Å². The lowest BCUT2D eigenvalue weighted by atomic mass is 10.1. The monoisotopic (exact) mass is 216 g/mol. The van der Waals surface area contributed by atoms with Gasteiger partial charge in [-0.2, -0.15) is 0 Å². The molecule has 0 unspecified atom stereocenters. The van der Waals surface area contributed by atoms with Crippen LogP contribution in [0, 0.1) is 0 Å². The van der Waals surface area contributed by atoms with Crippen LogP contribution in [0.3, 0.4) is 0 Å². The van der Waals surface area contributed by atoms with E-state index in [0.717, 1.165) is 12.0 Å². The van der Waals surface area contributed by atoms with Crippen LogP contribution >= 0.6 is 23.2 Å². The van der Waals surface area contributed by atoms with E-state index in [1.54, 1.807) is 12.1 Å². The molecule has 0 aromatic heterocycles. The highest BCUT2D eigenvalue weighted by molar-refractivity contribution is 6.30. The zero-order chi connectivity index (χ0) is 9.68. The third kappa shape index (κ3) is 3.02. The van der Waals surface area contributed by atoms with Gasteiger partial charge in [0.2, 0.25) is 0 Å². The minimum Gasteiger partial charge on any atom is -0.293 e. The van der Waals surface area contributed by atoms with Crippen molar-refractivity contribution >= 4 is 29.0 Å². The van der Waals surface area contributed by atoms with Gasteiger partial charge in [0.15, 0.2) is 5.78 Å². The van der Waals surface area contributed by atoms with Crippen LogP contribution in [0.1, 0.15) is 15.9 Å². The van der Waals surface area contributed by atoms with Crippen LogP contribution in [0.2, 0.25) is 0 Å². The summed E-state index contributed by atoms with van der Waals surface area (Å²) in [6.07, 6.45) is 0.830. The Morgan fingerprint density at radius 1 is 1.15 bits per heavy atom. The van der Waals surface area contributed by atoms with Crippen molar-refractivity contribution in [1.82, 2.24) is 0 Å². The summed E-state index contributed by atoms with van der Waals surface area (Å²) in [5.41, 5.74) is 1.80. The molecule has 0 atom stereocenters. The van der Waals surface area contributed by atoms with E-state index in [1.165, 1.54) is 0 Å². The van der Waals surface area contributed by atoms with Crippen LogP contribution in [0.4, 0.5) is 0 Å². The van der Waals surface area contributed by atoms with Crippen molar-refractivity contribution in [3.63, 3.8) is 0 Å². The SMILES string of the molecule is O=C(CCl)c1ccc(CCCl)cc1. The average molecular weight is 217 g/mol. The molecule has 0 heterocycles. The molecule has 0 aliphatic rings. The fourth-order valence-electron chi connectivity index (χ4n) is 1.04. The van der Waals surface area contributed by atoms with E-state index in [-0.39, 0.29) is 11.7 Å². The highest BCUT2D eigenvalue weighted by atomic mass is 35.5. The Balaban J connectivity index is 2.75. The molecule has 1 rings (SSSR count). The number of aryl methyl sites for hydroxylation is 1. The van der Waals surface area contributed by atoms with Crippen molar-refractivity contribution in [3.8, 4) is 0 Å². The van der Waals surface area contributed by atoms with E-state index >= 15 is 0 Å². The first kappa shape index (κ1) is 10.6. The summed E-state index contributed by atoms with van der Waals surface area (Å²) < 4.78 is 0. The fraction of sp³-hybridized carbons (Fsp3) is 0.300. The largest absolute Gasteiger partial charge is 0.293 e. The molecule has 13 heavy (non-hydrogen) atoms. The number of Topliss-reactive ketones (excluding diaryl/α,β-unsaturated/α-hetero) is 1. The molecule has 0 amide bonds. The fourth-order valence-corrected chi connectivity index (χ4v) is 1.42. The molecule has 0 saturated heterocycles. The van der Waals surface area contributed by atoms with Gasteiger partial charge in [0.1, 0.15) is 0 Å². The molecule has 0 N–H and O–H groups in total. The van der Waals surface area contributed by atoms with E-state index < -0.39 is 0 Å². The second kappa shape index (κ2) is 5.25. The van der Waals surface area contributed by atoms with Gasteiger partial charge in [-0.25, -0.2) is 0 Å². The van der Waals surface area contributed by atoms with E-state index in [0.29, 0.717) is 11.4 Å². The lowest BCUT2D eigenvalue weighted by Gasteiger charge is -1.99. The van der Waals surface area contributed by atoms with Crippen LogP contribution in [0.15, 0.2) is 24.3 Å². The topological polar surface area (TPSA) is 17.1 Å². The van der Waals surface area contributed by atoms with Gasteiger partial charge in [-0.3, -0.25) is 4.79 Å². The van der Waals surface area contributed by atoms with Gasteiger partial charge < -0.3 is 0 Å². The Morgan fingerprint density at radius 2 is 1.77 bits per heavy atom. The predicted octanol–water partition coefficient (Wildman–Crippen LogP) is 2.89. The Hall–Kier alpha value is -0.530. The first-order chi connectivity index (χ1) is 6.27. The standard InChI is InChI=1S/C10H10Cl2O/c11-6-5-8-1-3-9(4-2-8)10(13)7-12/h1-4H,5-7H2. The molecule has 0 fully saturated rings. The minimum atomic E-state index is -0.0425. The molecule has 0 aliphatic carbocycles. The summed E-state index contributed by atoms with van der Waals surface area (Å²) in [7, 11) is 0. The lowest BCUT2D eigenvalue weighted by molar-refractivity contribution is 0.102. The van der Waals surface area contributed by atoms with Crippen LogP contribution in [0.5, 0.6) is 0 Å². The Morgan fingerprint density at radius 3 is 2.23 bits per heavy atom. The minimum absolute atomic E-state index is 0.0366. The van der Waals surface area contributed by atoms with Gasteiger partial charge in [0, 0.05) is 11.4 Å². The van der Waals surface area contributed by atoms with E-state index in [4.69, 9.17) is 23.2 Å². The molecule has 0 saturated carbocycles. The average Bonchev–Trinajstić information content (AvgIpc) is 2.18. The molecule has 1 nitrogen and oxygen atoms in total. The van der Waals surface area contributed by atoms with Crippen molar-refractivity contribution in [2.24, 2.45) is 0 Å². The maximum Gasteiger partial charge on any atom is 0.177 e. The van der Waals surface area contributed by atoms with Crippen LogP contribution in [0.25, 0.3) is 0 Å². The summed E-state index contributed by atoms with van der Waals surface area (Å²) in [6, 6.07) is 7.38. The highest BCUT2D eigenvalue weighted by Crippen LogP contribution is 2.07. The first-order valence-corrected chi connectivity index (χ1v) is 5.09. The maximum atomic E-state index is 11.1. The maximum absolute atomic E-state index is 11.1. The van der Waals surface area contributed by atoms with Gasteiger partial charge in [0.25, 0.3) is 0 Å². The number of halogens is 2. The van der Waals surface area contributed by atoms with Crippen LogP contribution in [-0.4, -0.2) is 17.5 Å². The van der Waals surface area contributed by atoms with Crippen LogP contribution < -0.4 is 0 Å². The normalized spacial score (nSPS) is 10.0. The highest BCUT2D eigenvalue weighted by Gasteiger charge is 2.02. The quantitative estimate of drug-likeness (QED) is 0.559. The smallest absolute Gasteiger partial charge is 0.177 e. The third-order valence-corrected chi connectivity index (χ3v) is 2.21. The molecule has 1 aromatic rings. The molecular weight excluding hydrogens is 207 g/mol. The Kier molecular flexibility index (Phi) is 4.26. The number of hydrogen-bond acceptors (Lipinski definition) is 1. The van der Waals surface area contributed by atoms with Gasteiger partial charge in [-0.15, -0.1) is 23.2 Å². The molecule has 3 heteroatoms. The van der Waals surface area contributed by atoms with E-state index in [2.05, 4.69) is 0 Å². The van der Waals surface area contributed by atoms with Crippen molar-refractivity contribution in [3.05, 3.63) is 35.4 Å². The zero-order valence-corrected chi connectivity index (χ0v) is 8.61. The molecule has 0 radical (unpaired) electrons. The first-order valence-electron chi connectivity index (χ1n) is 4.02. The lowest BCUT2D eigenvalue weighted by Crippen LogP contribution is -2.00. The number of alkyl halides is 2. The van der Waals surface area contributed by atoms with E-state index in [1.807, 2.05) is 12.1 Å². The third-order valence-electron chi connectivity index (χ3n) is 1.78. The Labute approximate surface area is 87.7 Å². The molecule has 1 aromatic carbocycles.